The van der Waals surface area contributed by atoms with Crippen LogP contribution in [0.2, 0.25) is 17.7 Å². The van der Waals surface area contributed by atoms with Crippen LogP contribution in [0.4, 0.5) is 0 Å². The first-order chi connectivity index (χ1) is 13.6. The van der Waals surface area contributed by atoms with Crippen molar-refractivity contribution >= 4 is 39.5 Å². The zero-order valence-electron chi connectivity index (χ0n) is 20.0. The van der Waals surface area contributed by atoms with Crippen molar-refractivity contribution in [1.29, 1.82) is 0 Å². The predicted octanol–water partition coefficient (Wildman–Crippen LogP) is 9.14. The third-order valence-corrected chi connectivity index (χ3v) is 15.6. The van der Waals surface area contributed by atoms with E-state index in [0.29, 0.717) is 0 Å². The van der Waals surface area contributed by atoms with Gasteiger partial charge >= 0.3 is 194 Å². The van der Waals surface area contributed by atoms with E-state index < -0.39 is 39.5 Å². The summed E-state index contributed by atoms with van der Waals surface area (Å²) < 4.78 is 27.5. The van der Waals surface area contributed by atoms with E-state index in [1.54, 1.807) is 0 Å². The van der Waals surface area contributed by atoms with Gasteiger partial charge in [-0.2, -0.15) is 0 Å². The first-order valence-corrected chi connectivity index (χ1v) is 23.1. The molecule has 168 valence electrons. The monoisotopic (exact) mass is 612 g/mol. The molecule has 0 unspecified atom stereocenters. The molecule has 0 saturated carbocycles. The summed E-state index contributed by atoms with van der Waals surface area (Å²) in [6.07, 6.45) is 20.8. The Morgan fingerprint density at radius 3 is 0.929 bits per heavy atom. The molecule has 0 aliphatic rings. The maximum absolute atomic E-state index is 11.9. The fourth-order valence-electron chi connectivity index (χ4n) is 3.20. The van der Waals surface area contributed by atoms with E-state index in [9.17, 15) is 6.15 Å². The SMILES string of the molecule is CCCCCCC[CH2][Sn](=[O])[CH2]CCCCCCC.CCC[CH2][Sn](=[O])[CH2]CCC. The van der Waals surface area contributed by atoms with Gasteiger partial charge in [0.25, 0.3) is 0 Å². The molecule has 4 heteroatoms. The molecule has 2 nitrogen and oxygen atoms in total. The molecule has 0 spiro atoms. The fourth-order valence-corrected chi connectivity index (χ4v) is 12.6. The van der Waals surface area contributed by atoms with Crippen LogP contribution in [0.1, 0.15) is 130 Å². The Labute approximate surface area is 192 Å². The first-order valence-electron chi connectivity index (χ1n) is 12.7. The van der Waals surface area contributed by atoms with Crippen molar-refractivity contribution in [2.45, 2.75) is 148 Å². The quantitative estimate of drug-likeness (QED) is 0.102. The van der Waals surface area contributed by atoms with Gasteiger partial charge in [-0.15, -0.1) is 0 Å². The molecule has 0 saturated heterocycles. The average Bonchev–Trinajstić information content (AvgIpc) is 2.70. The van der Waals surface area contributed by atoms with Gasteiger partial charge in [0.15, 0.2) is 0 Å². The van der Waals surface area contributed by atoms with Crippen molar-refractivity contribution in [1.82, 2.24) is 0 Å². The molecule has 0 bridgehead atoms. The minimum atomic E-state index is -2.11. The topological polar surface area (TPSA) is 34.1 Å². The van der Waals surface area contributed by atoms with Gasteiger partial charge < -0.3 is 0 Å². The molecule has 0 heterocycles. The molecule has 0 aliphatic heterocycles. The summed E-state index contributed by atoms with van der Waals surface area (Å²) in [5.41, 5.74) is 0. The Kier molecular flexibility index (Phi) is 31.6. The third-order valence-electron chi connectivity index (χ3n) is 5.24. The molecule has 28 heavy (non-hydrogen) atoms. The first kappa shape index (κ1) is 31.4. The predicted molar refractivity (Wildman–Crippen MR) is 129 cm³/mol. The number of unbranched alkanes of at least 4 members (excludes halogenated alkanes) is 12. The van der Waals surface area contributed by atoms with E-state index in [1.807, 2.05) is 0 Å². The number of hydrogen-bond donors (Lipinski definition) is 0. The summed E-state index contributed by atoms with van der Waals surface area (Å²) in [6.45, 7) is 8.83. The molecule has 0 N–H and O–H groups in total. The summed E-state index contributed by atoms with van der Waals surface area (Å²) in [6, 6.07) is 0. The average molecular weight is 610 g/mol. The van der Waals surface area contributed by atoms with Crippen LogP contribution in [-0.4, -0.2) is 39.5 Å². The van der Waals surface area contributed by atoms with Crippen LogP contribution >= 0.6 is 0 Å². The molecular formula is C24H52O2Sn2. The van der Waals surface area contributed by atoms with Crippen LogP contribution < -0.4 is 0 Å². The van der Waals surface area contributed by atoms with E-state index in [0.717, 1.165) is 17.7 Å². The standard InChI is InChI=1S/2C8H17.2C4H9.2O.2Sn/c2*1-3-5-7-8-6-4-2;2*1-3-4-2;;;;/h2*1,3-8H2,2H3;2*1,3-4H2,2H3;;;;. The van der Waals surface area contributed by atoms with Gasteiger partial charge in [-0.1, -0.05) is 0 Å². The van der Waals surface area contributed by atoms with Crippen LogP contribution in [0.25, 0.3) is 0 Å². The van der Waals surface area contributed by atoms with E-state index >= 15 is 0 Å². The molecule has 0 rings (SSSR count). The Morgan fingerprint density at radius 1 is 0.357 bits per heavy atom. The van der Waals surface area contributed by atoms with E-state index in [1.165, 1.54) is 103 Å². The third kappa shape index (κ3) is 29.4. The Balaban J connectivity index is 0. The van der Waals surface area contributed by atoms with Gasteiger partial charge in [-0.05, 0) is 0 Å². The maximum atomic E-state index is 11.9. The van der Waals surface area contributed by atoms with Crippen molar-refractivity contribution in [2.24, 2.45) is 0 Å². The summed E-state index contributed by atoms with van der Waals surface area (Å²) in [4.78, 5) is 0. The van der Waals surface area contributed by atoms with E-state index in [-0.39, 0.29) is 0 Å². The fraction of sp³-hybridized carbons (Fsp3) is 1.00. The number of rotatable bonds is 20. The van der Waals surface area contributed by atoms with Gasteiger partial charge in [0.05, 0.1) is 0 Å². The van der Waals surface area contributed by atoms with Gasteiger partial charge in [0.1, 0.15) is 0 Å². The van der Waals surface area contributed by atoms with Crippen molar-refractivity contribution < 1.29 is 6.15 Å². The van der Waals surface area contributed by atoms with Crippen molar-refractivity contribution in [3.8, 4) is 0 Å². The summed E-state index contributed by atoms with van der Waals surface area (Å²) in [5, 5.41) is 0. The second kappa shape index (κ2) is 28.2. The van der Waals surface area contributed by atoms with Crippen molar-refractivity contribution in [3.05, 3.63) is 0 Å². The normalized spacial score (nSPS) is 10.4. The Bertz CT molecular complexity index is 305. The van der Waals surface area contributed by atoms with Crippen molar-refractivity contribution in [3.63, 3.8) is 0 Å². The van der Waals surface area contributed by atoms with Gasteiger partial charge in [-0.3, -0.25) is 0 Å². The summed E-state index contributed by atoms with van der Waals surface area (Å²) >= 11 is -4.10. The zero-order valence-corrected chi connectivity index (χ0v) is 25.7. The Morgan fingerprint density at radius 2 is 0.607 bits per heavy atom. The molecule has 0 radical (unpaired) electrons. The molecule has 0 atom stereocenters. The van der Waals surface area contributed by atoms with Gasteiger partial charge in [-0.25, -0.2) is 0 Å². The minimum absolute atomic E-state index is 1.08. The summed E-state index contributed by atoms with van der Waals surface area (Å²) in [5.74, 6) is 0. The van der Waals surface area contributed by atoms with Crippen LogP contribution in [0.3, 0.4) is 0 Å². The van der Waals surface area contributed by atoms with Crippen LogP contribution in [-0.2, 0) is 6.15 Å². The van der Waals surface area contributed by atoms with Crippen LogP contribution in [0.15, 0.2) is 0 Å². The molecule has 0 aliphatic carbocycles. The van der Waals surface area contributed by atoms with Gasteiger partial charge in [0.2, 0.25) is 0 Å². The molecule has 0 aromatic heterocycles. The van der Waals surface area contributed by atoms with Crippen molar-refractivity contribution in [2.75, 3.05) is 0 Å². The van der Waals surface area contributed by atoms with Gasteiger partial charge in [0, 0.05) is 0 Å². The van der Waals surface area contributed by atoms with Crippen LogP contribution in [0, 0.1) is 0 Å². The second-order valence-corrected chi connectivity index (χ2v) is 20.2. The van der Waals surface area contributed by atoms with E-state index in [2.05, 4.69) is 27.7 Å². The van der Waals surface area contributed by atoms with Crippen LogP contribution in [0.5, 0.6) is 0 Å². The van der Waals surface area contributed by atoms with E-state index in [4.69, 9.17) is 0 Å². The molecule has 0 aromatic rings. The molecular weight excluding hydrogens is 558 g/mol. The molecule has 0 fully saturated rings. The molecule has 0 amide bonds. The summed E-state index contributed by atoms with van der Waals surface area (Å²) in [7, 11) is 0. The molecule has 0 aromatic carbocycles. The zero-order chi connectivity index (χ0) is 21.3. The number of hydrogen-bond acceptors (Lipinski definition) is 2. The Hall–Kier alpha value is 1.20. The second-order valence-electron chi connectivity index (χ2n) is 8.32.